The van der Waals surface area contributed by atoms with Crippen molar-refractivity contribution < 1.29 is 9.84 Å². The molecule has 0 aliphatic heterocycles. The fraction of sp³-hybridized carbons (Fsp3) is 0.143. The van der Waals surface area contributed by atoms with Crippen molar-refractivity contribution in [2.45, 2.75) is 11.5 Å². The lowest BCUT2D eigenvalue weighted by molar-refractivity contribution is 0.414. The summed E-state index contributed by atoms with van der Waals surface area (Å²) in [4.78, 5) is 0. The monoisotopic (exact) mass is 336 g/mol. The molecular formula is C21H20O2S. The smallest absolute Gasteiger partial charge is 0.118 e. The number of hydrogen-bond donors (Lipinski definition) is 1. The van der Waals surface area contributed by atoms with Crippen molar-refractivity contribution in [3.8, 4) is 22.6 Å². The maximum absolute atomic E-state index is 9.36. The van der Waals surface area contributed by atoms with Gasteiger partial charge in [0.15, 0.2) is 0 Å². The zero-order chi connectivity index (χ0) is 16.8. The van der Waals surface area contributed by atoms with Gasteiger partial charge >= 0.3 is 0 Å². The molecule has 3 aromatic rings. The van der Waals surface area contributed by atoms with Crippen LogP contribution in [0.3, 0.4) is 0 Å². The lowest BCUT2D eigenvalue weighted by Gasteiger charge is -2.06. The van der Waals surface area contributed by atoms with Crippen LogP contribution in [0.2, 0.25) is 0 Å². The molecule has 3 aromatic carbocycles. The molecule has 2 nitrogen and oxygen atoms in total. The lowest BCUT2D eigenvalue weighted by atomic mass is 10.0. The normalized spacial score (nSPS) is 10.5. The zero-order valence-corrected chi connectivity index (χ0v) is 14.4. The van der Waals surface area contributed by atoms with Crippen molar-refractivity contribution >= 4 is 11.8 Å². The second-order valence-electron chi connectivity index (χ2n) is 5.58. The van der Waals surface area contributed by atoms with Gasteiger partial charge in [-0.05, 0) is 46.5 Å². The van der Waals surface area contributed by atoms with Gasteiger partial charge in [-0.1, -0.05) is 48.5 Å². The first-order valence-electron chi connectivity index (χ1n) is 7.83. The van der Waals surface area contributed by atoms with Gasteiger partial charge in [-0.2, -0.15) is 11.8 Å². The van der Waals surface area contributed by atoms with Gasteiger partial charge in [-0.25, -0.2) is 0 Å². The van der Waals surface area contributed by atoms with Gasteiger partial charge in [0.05, 0.1) is 7.11 Å². The topological polar surface area (TPSA) is 29.5 Å². The molecule has 122 valence electrons. The highest BCUT2D eigenvalue weighted by Crippen LogP contribution is 2.24. The standard InChI is InChI=1S/C21H20O2S/c1-23-21-12-4-17(5-13-21)15-24-14-16-2-6-18(7-3-16)19-8-10-20(22)11-9-19/h2-13,22H,14-15H2,1H3. The van der Waals surface area contributed by atoms with E-state index in [1.807, 2.05) is 36.0 Å². The Kier molecular flexibility index (Phi) is 5.44. The summed E-state index contributed by atoms with van der Waals surface area (Å²) in [6.45, 7) is 0. The third-order valence-electron chi connectivity index (χ3n) is 3.85. The third kappa shape index (κ3) is 4.33. The summed E-state index contributed by atoms with van der Waals surface area (Å²) in [5.41, 5.74) is 4.90. The second-order valence-corrected chi connectivity index (χ2v) is 6.57. The van der Waals surface area contributed by atoms with Gasteiger partial charge in [0.25, 0.3) is 0 Å². The quantitative estimate of drug-likeness (QED) is 0.644. The average Bonchev–Trinajstić information content (AvgIpc) is 2.64. The van der Waals surface area contributed by atoms with Crippen molar-refractivity contribution in [3.05, 3.63) is 83.9 Å². The summed E-state index contributed by atoms with van der Waals surface area (Å²) in [6, 6.07) is 24.1. The molecule has 1 N–H and O–H groups in total. The minimum Gasteiger partial charge on any atom is -0.508 e. The largest absolute Gasteiger partial charge is 0.508 e. The highest BCUT2D eigenvalue weighted by molar-refractivity contribution is 7.97. The summed E-state index contributed by atoms with van der Waals surface area (Å²) < 4.78 is 5.18. The van der Waals surface area contributed by atoms with Gasteiger partial charge < -0.3 is 9.84 Å². The second kappa shape index (κ2) is 7.93. The Hall–Kier alpha value is -2.39. The van der Waals surface area contributed by atoms with Crippen LogP contribution in [0.5, 0.6) is 11.5 Å². The summed E-state index contributed by atoms with van der Waals surface area (Å²) in [6.07, 6.45) is 0. The van der Waals surface area contributed by atoms with E-state index in [0.717, 1.165) is 22.8 Å². The molecule has 0 bridgehead atoms. The number of phenols is 1. The first-order chi connectivity index (χ1) is 11.7. The summed E-state index contributed by atoms with van der Waals surface area (Å²) in [5, 5.41) is 9.36. The molecule has 0 heterocycles. The lowest BCUT2D eigenvalue weighted by Crippen LogP contribution is -1.86. The Balaban J connectivity index is 1.55. The van der Waals surface area contributed by atoms with Crippen molar-refractivity contribution in [2.75, 3.05) is 7.11 Å². The molecule has 0 saturated heterocycles. The van der Waals surface area contributed by atoms with E-state index in [9.17, 15) is 5.11 Å². The van der Waals surface area contributed by atoms with Crippen molar-refractivity contribution in [3.63, 3.8) is 0 Å². The Morgan fingerprint density at radius 2 is 1.17 bits per heavy atom. The van der Waals surface area contributed by atoms with Crippen LogP contribution in [0.25, 0.3) is 11.1 Å². The van der Waals surface area contributed by atoms with E-state index >= 15 is 0 Å². The Labute approximate surface area is 147 Å². The van der Waals surface area contributed by atoms with Crippen molar-refractivity contribution in [1.29, 1.82) is 0 Å². The van der Waals surface area contributed by atoms with Crippen molar-refractivity contribution in [2.24, 2.45) is 0 Å². The molecule has 0 spiro atoms. The van der Waals surface area contributed by atoms with Crippen molar-refractivity contribution in [1.82, 2.24) is 0 Å². The molecule has 0 fully saturated rings. The molecule has 24 heavy (non-hydrogen) atoms. The zero-order valence-electron chi connectivity index (χ0n) is 13.6. The molecule has 0 aliphatic rings. The van der Waals surface area contributed by atoms with Gasteiger partial charge in [0.2, 0.25) is 0 Å². The first kappa shape index (κ1) is 16.5. The molecule has 3 rings (SSSR count). The Morgan fingerprint density at radius 1 is 0.708 bits per heavy atom. The maximum Gasteiger partial charge on any atom is 0.118 e. The highest BCUT2D eigenvalue weighted by atomic mass is 32.2. The number of aromatic hydroxyl groups is 1. The number of benzene rings is 3. The maximum atomic E-state index is 9.36. The fourth-order valence-electron chi connectivity index (χ4n) is 2.46. The van der Waals surface area contributed by atoms with E-state index in [1.165, 1.54) is 16.7 Å². The van der Waals surface area contributed by atoms with Crippen LogP contribution in [0.1, 0.15) is 11.1 Å². The fourth-order valence-corrected chi connectivity index (χ4v) is 3.41. The van der Waals surface area contributed by atoms with Crippen LogP contribution in [-0.4, -0.2) is 12.2 Å². The molecular weight excluding hydrogens is 316 g/mol. The molecule has 0 aliphatic carbocycles. The van der Waals surface area contributed by atoms with Crippen LogP contribution in [0.4, 0.5) is 0 Å². The number of phenolic OH excluding ortho intramolecular Hbond substituents is 1. The predicted molar refractivity (Wildman–Crippen MR) is 102 cm³/mol. The molecule has 3 heteroatoms. The van der Waals surface area contributed by atoms with E-state index in [1.54, 1.807) is 19.2 Å². The number of hydrogen-bond acceptors (Lipinski definition) is 3. The molecule has 0 aromatic heterocycles. The Bertz CT molecular complexity index is 762. The van der Waals surface area contributed by atoms with Crippen LogP contribution in [0, 0.1) is 0 Å². The summed E-state index contributed by atoms with van der Waals surface area (Å²) in [5.74, 6) is 3.17. The Morgan fingerprint density at radius 3 is 1.67 bits per heavy atom. The first-order valence-corrected chi connectivity index (χ1v) is 8.99. The number of methoxy groups -OCH3 is 1. The van der Waals surface area contributed by atoms with E-state index in [0.29, 0.717) is 5.75 Å². The molecule has 0 amide bonds. The molecule has 0 radical (unpaired) electrons. The van der Waals surface area contributed by atoms with Crippen LogP contribution < -0.4 is 4.74 Å². The van der Waals surface area contributed by atoms with Gasteiger partial charge in [-0.15, -0.1) is 0 Å². The third-order valence-corrected chi connectivity index (χ3v) is 4.93. The summed E-state index contributed by atoms with van der Waals surface area (Å²) >= 11 is 1.90. The van der Waals surface area contributed by atoms with E-state index < -0.39 is 0 Å². The molecule has 0 saturated carbocycles. The van der Waals surface area contributed by atoms with Gasteiger partial charge in [0, 0.05) is 11.5 Å². The van der Waals surface area contributed by atoms with E-state index in [2.05, 4.69) is 36.4 Å². The van der Waals surface area contributed by atoms with Crippen LogP contribution in [0.15, 0.2) is 72.8 Å². The number of ether oxygens (including phenoxy) is 1. The van der Waals surface area contributed by atoms with Gasteiger partial charge in [-0.3, -0.25) is 0 Å². The molecule has 0 atom stereocenters. The number of thioether (sulfide) groups is 1. The van der Waals surface area contributed by atoms with Crippen LogP contribution in [-0.2, 0) is 11.5 Å². The van der Waals surface area contributed by atoms with Crippen LogP contribution >= 0.6 is 11.8 Å². The minimum atomic E-state index is 0.297. The number of rotatable bonds is 6. The van der Waals surface area contributed by atoms with E-state index in [4.69, 9.17) is 4.74 Å². The van der Waals surface area contributed by atoms with Gasteiger partial charge in [0.1, 0.15) is 11.5 Å². The molecule has 0 unspecified atom stereocenters. The predicted octanol–water partition coefficient (Wildman–Crippen LogP) is 5.50. The average molecular weight is 336 g/mol. The SMILES string of the molecule is COc1ccc(CSCc2ccc(-c3ccc(O)cc3)cc2)cc1. The highest BCUT2D eigenvalue weighted by Gasteiger charge is 2.00. The minimum absolute atomic E-state index is 0.297. The summed E-state index contributed by atoms with van der Waals surface area (Å²) in [7, 11) is 1.69. The van der Waals surface area contributed by atoms with E-state index in [-0.39, 0.29) is 0 Å².